The van der Waals surface area contributed by atoms with Gasteiger partial charge in [0.2, 0.25) is 5.91 Å². The average Bonchev–Trinajstić information content (AvgIpc) is 2.76. The topological polar surface area (TPSA) is 109 Å². The van der Waals surface area contributed by atoms with Crippen LogP contribution in [0.25, 0.3) is 0 Å². The van der Waals surface area contributed by atoms with Crippen LogP contribution in [0.2, 0.25) is 0 Å². The molecule has 3 amide bonds. The molecule has 0 atom stereocenters. The molecule has 4 N–H and O–H groups in total. The van der Waals surface area contributed by atoms with Gasteiger partial charge in [0.15, 0.2) is 5.11 Å². The number of anilines is 1. The molecule has 2 aromatic rings. The number of carbonyl (C=O) groups is 3. The number of amides is 3. The zero-order chi connectivity index (χ0) is 21.9. The number of hydrogen-bond acceptors (Lipinski definition) is 5. The summed E-state index contributed by atoms with van der Waals surface area (Å²) in [6.07, 6.45) is 1.18. The monoisotopic (exact) mass is 428 g/mol. The predicted molar refractivity (Wildman–Crippen MR) is 118 cm³/mol. The number of thiocarbonyl (C=S) groups is 1. The smallest absolute Gasteiger partial charge is 0.269 e. The zero-order valence-corrected chi connectivity index (χ0v) is 17.6. The predicted octanol–water partition coefficient (Wildman–Crippen LogP) is 2.77. The van der Waals surface area contributed by atoms with Crippen molar-refractivity contribution in [2.24, 2.45) is 0 Å². The molecule has 0 fully saturated rings. The zero-order valence-electron chi connectivity index (χ0n) is 16.8. The molecule has 0 aromatic heterocycles. The van der Waals surface area contributed by atoms with Crippen molar-refractivity contribution in [2.75, 3.05) is 11.9 Å². The number of ether oxygens (including phenoxy) is 1. The van der Waals surface area contributed by atoms with Crippen LogP contribution >= 0.6 is 12.2 Å². The highest BCUT2D eigenvalue weighted by molar-refractivity contribution is 7.80. The molecule has 2 rings (SSSR count). The van der Waals surface area contributed by atoms with Crippen LogP contribution in [0.5, 0.6) is 5.75 Å². The molecule has 30 heavy (non-hydrogen) atoms. The second kappa shape index (κ2) is 11.5. The summed E-state index contributed by atoms with van der Waals surface area (Å²) in [6.45, 7) is 4.21. The van der Waals surface area contributed by atoms with Crippen LogP contribution in [0.15, 0.2) is 48.5 Å². The van der Waals surface area contributed by atoms with Gasteiger partial charge >= 0.3 is 0 Å². The van der Waals surface area contributed by atoms with E-state index in [9.17, 15) is 14.4 Å². The highest BCUT2D eigenvalue weighted by Gasteiger charge is 2.14. The van der Waals surface area contributed by atoms with Gasteiger partial charge in [-0.15, -0.1) is 0 Å². The molecule has 0 radical (unpaired) electrons. The van der Waals surface area contributed by atoms with Gasteiger partial charge in [0.05, 0.1) is 12.2 Å². The van der Waals surface area contributed by atoms with Gasteiger partial charge in [-0.3, -0.25) is 30.6 Å². The van der Waals surface area contributed by atoms with E-state index >= 15 is 0 Å². The summed E-state index contributed by atoms with van der Waals surface area (Å²) in [4.78, 5) is 36.0. The van der Waals surface area contributed by atoms with Gasteiger partial charge < -0.3 is 10.1 Å². The van der Waals surface area contributed by atoms with E-state index in [0.717, 1.165) is 6.42 Å². The maximum Gasteiger partial charge on any atom is 0.269 e. The molecule has 0 aliphatic heterocycles. The molecule has 0 unspecified atom stereocenters. The van der Waals surface area contributed by atoms with Crippen molar-refractivity contribution in [1.82, 2.24) is 16.2 Å². The molecule has 8 nitrogen and oxygen atoms in total. The molecule has 0 aliphatic carbocycles. The van der Waals surface area contributed by atoms with Crippen molar-refractivity contribution in [3.63, 3.8) is 0 Å². The van der Waals surface area contributed by atoms with E-state index < -0.39 is 11.8 Å². The van der Waals surface area contributed by atoms with Crippen LogP contribution in [0.3, 0.4) is 0 Å². The number of benzene rings is 2. The molecule has 0 saturated carbocycles. The Labute approximate surface area is 180 Å². The fourth-order valence-corrected chi connectivity index (χ4v) is 2.48. The van der Waals surface area contributed by atoms with E-state index in [1.807, 2.05) is 6.92 Å². The van der Waals surface area contributed by atoms with E-state index in [2.05, 4.69) is 21.5 Å². The van der Waals surface area contributed by atoms with Crippen molar-refractivity contribution in [3.05, 3.63) is 59.7 Å². The number of carbonyl (C=O) groups excluding carboxylic acids is 3. The summed E-state index contributed by atoms with van der Waals surface area (Å²) >= 11 is 5.06. The minimum atomic E-state index is -0.454. The van der Waals surface area contributed by atoms with E-state index in [-0.39, 0.29) is 11.0 Å². The fourth-order valence-electron chi connectivity index (χ4n) is 2.33. The van der Waals surface area contributed by atoms with Crippen LogP contribution < -0.4 is 26.2 Å². The molecule has 0 saturated heterocycles. The summed E-state index contributed by atoms with van der Waals surface area (Å²) in [5, 5.41) is 5.13. The number of nitrogens with one attached hydrogen (secondary N) is 4. The minimum Gasteiger partial charge on any atom is -0.493 e. The van der Waals surface area contributed by atoms with Gasteiger partial charge in [0.25, 0.3) is 11.8 Å². The number of para-hydroxylation sites is 1. The molecule has 0 heterocycles. The number of rotatable bonds is 7. The van der Waals surface area contributed by atoms with Crippen molar-refractivity contribution in [3.8, 4) is 5.75 Å². The summed E-state index contributed by atoms with van der Waals surface area (Å²) in [5.74, 6) is -0.563. The summed E-state index contributed by atoms with van der Waals surface area (Å²) in [6, 6.07) is 13.2. The third kappa shape index (κ3) is 6.85. The van der Waals surface area contributed by atoms with Crippen LogP contribution in [-0.2, 0) is 4.79 Å². The molecule has 0 spiro atoms. The lowest BCUT2D eigenvalue weighted by Gasteiger charge is -2.13. The summed E-state index contributed by atoms with van der Waals surface area (Å²) < 4.78 is 5.57. The van der Waals surface area contributed by atoms with Gasteiger partial charge in [0.1, 0.15) is 5.75 Å². The molecular formula is C21H24N4O4S. The second-order valence-electron chi connectivity index (χ2n) is 6.19. The summed E-state index contributed by atoms with van der Waals surface area (Å²) in [7, 11) is 0. The largest absolute Gasteiger partial charge is 0.493 e. The SMILES string of the molecule is CCCOc1ccccc1C(=O)NC(=S)NNC(=O)c1ccc(NC(=O)CC)cc1. The highest BCUT2D eigenvalue weighted by Crippen LogP contribution is 2.18. The van der Waals surface area contributed by atoms with Crippen molar-refractivity contribution in [1.29, 1.82) is 0 Å². The first kappa shape index (κ1) is 22.8. The Hall–Kier alpha value is -3.46. The van der Waals surface area contributed by atoms with Gasteiger partial charge in [-0.1, -0.05) is 26.0 Å². The van der Waals surface area contributed by atoms with Crippen LogP contribution in [0.4, 0.5) is 5.69 Å². The lowest BCUT2D eigenvalue weighted by atomic mass is 10.2. The lowest BCUT2D eigenvalue weighted by molar-refractivity contribution is -0.115. The Bertz CT molecular complexity index is 915. The van der Waals surface area contributed by atoms with Crippen molar-refractivity contribution < 1.29 is 19.1 Å². The first-order chi connectivity index (χ1) is 14.4. The van der Waals surface area contributed by atoms with Crippen molar-refractivity contribution in [2.45, 2.75) is 26.7 Å². The van der Waals surface area contributed by atoms with Gasteiger partial charge in [-0.25, -0.2) is 0 Å². The van der Waals surface area contributed by atoms with E-state index in [0.29, 0.717) is 35.6 Å². The third-order valence-corrected chi connectivity index (χ3v) is 4.07. The highest BCUT2D eigenvalue weighted by atomic mass is 32.1. The Morgan fingerprint density at radius 2 is 1.63 bits per heavy atom. The molecule has 9 heteroatoms. The van der Waals surface area contributed by atoms with Crippen LogP contribution in [0.1, 0.15) is 47.4 Å². The first-order valence-electron chi connectivity index (χ1n) is 9.48. The quantitative estimate of drug-likeness (QED) is 0.399. The Morgan fingerprint density at radius 1 is 0.933 bits per heavy atom. The maximum absolute atomic E-state index is 12.4. The number of hydrazine groups is 1. The Morgan fingerprint density at radius 3 is 2.30 bits per heavy atom. The van der Waals surface area contributed by atoms with E-state index in [4.69, 9.17) is 17.0 Å². The van der Waals surface area contributed by atoms with Gasteiger partial charge in [-0.2, -0.15) is 0 Å². The Kier molecular flexibility index (Phi) is 8.76. The fraction of sp³-hybridized carbons (Fsp3) is 0.238. The molecular weight excluding hydrogens is 404 g/mol. The lowest BCUT2D eigenvalue weighted by Crippen LogP contribution is -2.48. The van der Waals surface area contributed by atoms with Crippen molar-refractivity contribution >= 4 is 40.7 Å². The van der Waals surface area contributed by atoms with E-state index in [1.165, 1.54) is 0 Å². The number of hydrogen-bond donors (Lipinski definition) is 4. The standard InChI is InChI=1S/C21H24N4O4S/c1-3-13-29-17-8-6-5-7-16(17)20(28)23-21(30)25-24-19(27)14-9-11-15(12-10-14)22-18(26)4-2/h5-12H,3-4,13H2,1-2H3,(H,22,26)(H,24,27)(H2,23,25,28,30). The van der Waals surface area contributed by atoms with Gasteiger partial charge in [0, 0.05) is 17.7 Å². The second-order valence-corrected chi connectivity index (χ2v) is 6.59. The molecule has 158 valence electrons. The first-order valence-corrected chi connectivity index (χ1v) is 9.88. The van der Waals surface area contributed by atoms with Crippen LogP contribution in [0, 0.1) is 0 Å². The minimum absolute atomic E-state index is 0.0644. The Balaban J connectivity index is 1.88. The normalized spacial score (nSPS) is 9.93. The van der Waals surface area contributed by atoms with E-state index in [1.54, 1.807) is 55.5 Å². The summed E-state index contributed by atoms with van der Waals surface area (Å²) in [5.41, 5.74) is 6.19. The maximum atomic E-state index is 12.4. The molecule has 0 bridgehead atoms. The van der Waals surface area contributed by atoms with Gasteiger partial charge in [-0.05, 0) is 55.0 Å². The van der Waals surface area contributed by atoms with Crippen LogP contribution in [-0.4, -0.2) is 29.4 Å². The third-order valence-electron chi connectivity index (χ3n) is 3.86. The molecule has 2 aromatic carbocycles. The average molecular weight is 429 g/mol. The molecule has 0 aliphatic rings.